The Morgan fingerprint density at radius 1 is 1.35 bits per heavy atom. The number of carbonyl (C=O) groups is 1. The molecule has 98 valence electrons. The minimum Gasteiger partial charge on any atom is -0.393 e. The lowest BCUT2D eigenvalue weighted by atomic mass is 9.94. The van der Waals surface area contributed by atoms with E-state index in [-0.39, 0.29) is 18.1 Å². The van der Waals surface area contributed by atoms with Crippen molar-refractivity contribution in [2.24, 2.45) is 5.92 Å². The van der Waals surface area contributed by atoms with Gasteiger partial charge in [-0.25, -0.2) is 0 Å². The summed E-state index contributed by atoms with van der Waals surface area (Å²) in [5, 5.41) is 9.96. The number of aliphatic hydroxyl groups excluding tert-OH is 1. The maximum Gasteiger partial charge on any atom is 0.225 e. The van der Waals surface area contributed by atoms with Gasteiger partial charge in [-0.2, -0.15) is 0 Å². The standard InChI is InChI=1S/C13H23NO3/c1-17-9-7-13(16)14-8-3-5-11(14)10-4-2-6-12(10)15/h10-12,15H,2-9H2,1H3. The van der Waals surface area contributed by atoms with Crippen molar-refractivity contribution in [1.82, 2.24) is 4.90 Å². The zero-order chi connectivity index (χ0) is 12.3. The largest absolute Gasteiger partial charge is 0.393 e. The highest BCUT2D eigenvalue weighted by Crippen LogP contribution is 2.35. The average Bonchev–Trinajstić information content (AvgIpc) is 2.93. The van der Waals surface area contributed by atoms with E-state index in [2.05, 4.69) is 0 Å². The number of carbonyl (C=O) groups excluding carboxylic acids is 1. The van der Waals surface area contributed by atoms with Gasteiger partial charge in [0.2, 0.25) is 5.91 Å². The van der Waals surface area contributed by atoms with Crippen LogP contribution < -0.4 is 0 Å². The third kappa shape index (κ3) is 2.80. The minimum absolute atomic E-state index is 0.188. The number of rotatable bonds is 4. The number of amides is 1. The SMILES string of the molecule is COCCC(=O)N1CCCC1C1CCCC1O. The highest BCUT2D eigenvalue weighted by atomic mass is 16.5. The number of likely N-dealkylation sites (tertiary alicyclic amines) is 1. The van der Waals surface area contributed by atoms with Crippen molar-refractivity contribution in [2.75, 3.05) is 20.3 Å². The molecule has 3 unspecified atom stereocenters. The van der Waals surface area contributed by atoms with E-state index in [1.807, 2.05) is 4.90 Å². The zero-order valence-electron chi connectivity index (χ0n) is 10.6. The minimum atomic E-state index is -0.198. The molecule has 17 heavy (non-hydrogen) atoms. The van der Waals surface area contributed by atoms with Crippen LogP contribution in [-0.4, -0.2) is 48.3 Å². The summed E-state index contributed by atoms with van der Waals surface area (Å²) in [6.07, 6.45) is 5.47. The van der Waals surface area contributed by atoms with Crippen LogP contribution in [0.1, 0.15) is 38.5 Å². The number of methoxy groups -OCH3 is 1. The van der Waals surface area contributed by atoms with E-state index in [0.29, 0.717) is 18.9 Å². The van der Waals surface area contributed by atoms with E-state index in [1.165, 1.54) is 0 Å². The zero-order valence-corrected chi connectivity index (χ0v) is 10.6. The Hall–Kier alpha value is -0.610. The molecular formula is C13H23NO3. The second kappa shape index (κ2) is 5.83. The predicted octanol–water partition coefficient (Wildman–Crippen LogP) is 1.17. The van der Waals surface area contributed by atoms with Gasteiger partial charge in [-0.15, -0.1) is 0 Å². The highest BCUT2D eigenvalue weighted by molar-refractivity contribution is 5.77. The molecule has 0 aromatic rings. The van der Waals surface area contributed by atoms with Crippen LogP contribution in [0.3, 0.4) is 0 Å². The third-order valence-corrected chi connectivity index (χ3v) is 4.17. The fourth-order valence-corrected chi connectivity index (χ4v) is 3.30. The Kier molecular flexibility index (Phi) is 4.40. The van der Waals surface area contributed by atoms with E-state index in [1.54, 1.807) is 7.11 Å². The molecule has 1 N–H and O–H groups in total. The van der Waals surface area contributed by atoms with Crippen LogP contribution in [0.15, 0.2) is 0 Å². The van der Waals surface area contributed by atoms with Gasteiger partial charge in [-0.1, -0.05) is 6.42 Å². The molecule has 2 aliphatic rings. The summed E-state index contributed by atoms with van der Waals surface area (Å²) in [6, 6.07) is 0.275. The van der Waals surface area contributed by atoms with Gasteiger partial charge >= 0.3 is 0 Å². The number of hydrogen-bond donors (Lipinski definition) is 1. The van der Waals surface area contributed by atoms with Crippen LogP contribution in [0.5, 0.6) is 0 Å². The summed E-state index contributed by atoms with van der Waals surface area (Å²) in [5.74, 6) is 0.498. The van der Waals surface area contributed by atoms with Crippen molar-refractivity contribution in [3.05, 3.63) is 0 Å². The maximum absolute atomic E-state index is 12.0. The van der Waals surface area contributed by atoms with Gasteiger partial charge in [0, 0.05) is 25.6 Å². The molecule has 4 heteroatoms. The molecule has 1 saturated carbocycles. The molecule has 2 fully saturated rings. The van der Waals surface area contributed by atoms with Crippen molar-refractivity contribution in [1.29, 1.82) is 0 Å². The first kappa shape index (κ1) is 12.8. The smallest absolute Gasteiger partial charge is 0.225 e. The van der Waals surface area contributed by atoms with Gasteiger partial charge < -0.3 is 14.7 Å². The van der Waals surface area contributed by atoms with Crippen molar-refractivity contribution in [3.63, 3.8) is 0 Å². The van der Waals surface area contributed by atoms with Gasteiger partial charge in [0.25, 0.3) is 0 Å². The van der Waals surface area contributed by atoms with E-state index < -0.39 is 0 Å². The lowest BCUT2D eigenvalue weighted by Crippen LogP contribution is -2.42. The molecule has 1 saturated heterocycles. The fourth-order valence-electron chi connectivity index (χ4n) is 3.30. The quantitative estimate of drug-likeness (QED) is 0.804. The van der Waals surface area contributed by atoms with E-state index in [0.717, 1.165) is 38.6 Å². The molecule has 0 aromatic carbocycles. The first-order chi connectivity index (χ1) is 8.24. The first-order valence-electron chi connectivity index (χ1n) is 6.70. The molecule has 0 aromatic heterocycles. The van der Waals surface area contributed by atoms with Gasteiger partial charge in [0.15, 0.2) is 0 Å². The average molecular weight is 241 g/mol. The summed E-state index contributed by atoms with van der Waals surface area (Å²) >= 11 is 0. The Bertz CT molecular complexity index is 269. The Balaban J connectivity index is 1.94. The molecule has 0 radical (unpaired) electrons. The Labute approximate surface area is 103 Å². The second-order valence-corrected chi connectivity index (χ2v) is 5.20. The molecule has 4 nitrogen and oxygen atoms in total. The van der Waals surface area contributed by atoms with Crippen LogP contribution in [0, 0.1) is 5.92 Å². The first-order valence-corrected chi connectivity index (χ1v) is 6.70. The molecule has 1 aliphatic heterocycles. The number of nitrogens with zero attached hydrogens (tertiary/aromatic N) is 1. The molecule has 1 heterocycles. The molecule has 0 spiro atoms. The maximum atomic E-state index is 12.0. The molecule has 2 rings (SSSR count). The normalized spacial score (nSPS) is 33.3. The van der Waals surface area contributed by atoms with E-state index in [9.17, 15) is 9.90 Å². The van der Waals surface area contributed by atoms with Gasteiger partial charge in [-0.3, -0.25) is 4.79 Å². The summed E-state index contributed by atoms with van der Waals surface area (Å²) in [4.78, 5) is 14.0. The van der Waals surface area contributed by atoms with Crippen molar-refractivity contribution in [3.8, 4) is 0 Å². The second-order valence-electron chi connectivity index (χ2n) is 5.20. The van der Waals surface area contributed by atoms with Gasteiger partial charge in [0.05, 0.1) is 19.1 Å². The third-order valence-electron chi connectivity index (χ3n) is 4.17. The summed E-state index contributed by atoms with van der Waals surface area (Å²) < 4.78 is 4.96. The Morgan fingerprint density at radius 2 is 2.18 bits per heavy atom. The molecule has 0 bridgehead atoms. The lowest BCUT2D eigenvalue weighted by Gasteiger charge is -2.31. The lowest BCUT2D eigenvalue weighted by molar-refractivity contribution is -0.134. The number of hydrogen-bond acceptors (Lipinski definition) is 3. The Morgan fingerprint density at radius 3 is 2.82 bits per heavy atom. The summed E-state index contributed by atoms with van der Waals surface area (Å²) in [6.45, 7) is 1.35. The fraction of sp³-hybridized carbons (Fsp3) is 0.923. The van der Waals surface area contributed by atoms with Crippen LogP contribution in [0.2, 0.25) is 0 Å². The van der Waals surface area contributed by atoms with Gasteiger partial charge in [-0.05, 0) is 25.7 Å². The topological polar surface area (TPSA) is 49.8 Å². The predicted molar refractivity (Wildman–Crippen MR) is 64.6 cm³/mol. The molecule has 1 amide bonds. The van der Waals surface area contributed by atoms with Crippen LogP contribution >= 0.6 is 0 Å². The summed E-state index contributed by atoms with van der Waals surface area (Å²) in [5.41, 5.74) is 0. The van der Waals surface area contributed by atoms with Crippen molar-refractivity contribution >= 4 is 5.91 Å². The highest BCUT2D eigenvalue weighted by Gasteiger charge is 2.39. The molecule has 1 aliphatic carbocycles. The number of ether oxygens (including phenoxy) is 1. The van der Waals surface area contributed by atoms with E-state index >= 15 is 0 Å². The molecule has 3 atom stereocenters. The van der Waals surface area contributed by atoms with Crippen LogP contribution in [0.25, 0.3) is 0 Å². The number of aliphatic hydroxyl groups is 1. The summed E-state index contributed by atoms with van der Waals surface area (Å²) in [7, 11) is 1.62. The van der Waals surface area contributed by atoms with Crippen LogP contribution in [0.4, 0.5) is 0 Å². The van der Waals surface area contributed by atoms with Crippen LogP contribution in [-0.2, 0) is 9.53 Å². The monoisotopic (exact) mass is 241 g/mol. The van der Waals surface area contributed by atoms with Gasteiger partial charge in [0.1, 0.15) is 0 Å². The van der Waals surface area contributed by atoms with E-state index in [4.69, 9.17) is 4.74 Å². The van der Waals surface area contributed by atoms with Crippen molar-refractivity contribution in [2.45, 2.75) is 50.7 Å². The van der Waals surface area contributed by atoms with Crippen molar-refractivity contribution < 1.29 is 14.6 Å². The molecular weight excluding hydrogens is 218 g/mol.